The number of nitrogens with one attached hydrogen (secondary N) is 1. The molecule has 20 heavy (non-hydrogen) atoms. The van der Waals surface area contributed by atoms with Crippen LogP contribution in [0.3, 0.4) is 0 Å². The molecule has 0 aliphatic rings. The fourth-order valence-electron chi connectivity index (χ4n) is 1.94. The fourth-order valence-corrected chi connectivity index (χ4v) is 3.40. The average molecular weight is 367 g/mol. The molecular weight excluding hydrogens is 358 g/mol. The molecule has 3 rings (SSSR count). The number of halogens is 2. The molecule has 0 saturated heterocycles. The van der Waals surface area contributed by atoms with Crippen LogP contribution in [0.5, 0.6) is 0 Å². The van der Waals surface area contributed by atoms with Crippen molar-refractivity contribution in [2.24, 2.45) is 0 Å². The van der Waals surface area contributed by atoms with E-state index in [4.69, 9.17) is 11.6 Å². The molecule has 0 fully saturated rings. The van der Waals surface area contributed by atoms with Crippen molar-refractivity contribution in [2.75, 3.05) is 5.32 Å². The highest BCUT2D eigenvalue weighted by Crippen LogP contribution is 2.29. The van der Waals surface area contributed by atoms with Crippen molar-refractivity contribution in [2.45, 2.75) is 0 Å². The first-order valence-electron chi connectivity index (χ1n) is 5.88. The van der Waals surface area contributed by atoms with Crippen LogP contribution >= 0.6 is 38.9 Å². The Morgan fingerprint density at radius 3 is 2.85 bits per heavy atom. The first-order chi connectivity index (χ1) is 9.65. The monoisotopic (exact) mass is 365 g/mol. The maximum absolute atomic E-state index is 12.4. The summed E-state index contributed by atoms with van der Waals surface area (Å²) in [7, 11) is 0. The highest BCUT2D eigenvalue weighted by atomic mass is 79.9. The molecule has 0 spiro atoms. The van der Waals surface area contributed by atoms with Crippen molar-refractivity contribution in [1.29, 1.82) is 0 Å². The van der Waals surface area contributed by atoms with Crippen molar-refractivity contribution in [1.82, 2.24) is 0 Å². The van der Waals surface area contributed by atoms with Crippen LogP contribution in [0.2, 0.25) is 5.02 Å². The minimum absolute atomic E-state index is 0.151. The number of anilines is 1. The number of hydrogen-bond donors (Lipinski definition) is 1. The zero-order valence-corrected chi connectivity index (χ0v) is 13.3. The standard InChI is InChI=1S/C15H9BrClNOS/c16-9-5-6-12(17)13(7-9)18-15(19)11-8-20-14-4-2-1-3-10(11)14/h1-8H,(H,18,19). The normalized spacial score (nSPS) is 10.7. The van der Waals surface area contributed by atoms with Crippen LogP contribution in [0, 0.1) is 0 Å². The molecule has 2 nitrogen and oxygen atoms in total. The number of benzene rings is 2. The Morgan fingerprint density at radius 2 is 2.00 bits per heavy atom. The molecule has 0 saturated carbocycles. The number of thiophene rings is 1. The van der Waals surface area contributed by atoms with E-state index in [9.17, 15) is 4.79 Å². The van der Waals surface area contributed by atoms with Gasteiger partial charge in [-0.25, -0.2) is 0 Å². The lowest BCUT2D eigenvalue weighted by Gasteiger charge is -2.07. The number of hydrogen-bond acceptors (Lipinski definition) is 2. The van der Waals surface area contributed by atoms with Crippen molar-refractivity contribution in [3.8, 4) is 0 Å². The summed E-state index contributed by atoms with van der Waals surface area (Å²) in [4.78, 5) is 12.4. The maximum atomic E-state index is 12.4. The van der Waals surface area contributed by atoms with Gasteiger partial charge < -0.3 is 5.32 Å². The molecule has 0 aliphatic heterocycles. The molecule has 0 unspecified atom stereocenters. The molecular formula is C15H9BrClNOS. The third kappa shape index (κ3) is 2.59. The lowest BCUT2D eigenvalue weighted by molar-refractivity contribution is 0.102. The Kier molecular flexibility index (Phi) is 3.78. The summed E-state index contributed by atoms with van der Waals surface area (Å²) in [6.45, 7) is 0. The van der Waals surface area contributed by atoms with Crippen molar-refractivity contribution in [3.63, 3.8) is 0 Å². The van der Waals surface area contributed by atoms with Gasteiger partial charge >= 0.3 is 0 Å². The van der Waals surface area contributed by atoms with Crippen LogP contribution in [0.1, 0.15) is 10.4 Å². The van der Waals surface area contributed by atoms with Gasteiger partial charge in [0.2, 0.25) is 0 Å². The minimum Gasteiger partial charge on any atom is -0.321 e. The van der Waals surface area contributed by atoms with Crippen molar-refractivity contribution >= 4 is 60.5 Å². The SMILES string of the molecule is O=C(Nc1cc(Br)ccc1Cl)c1csc2ccccc12. The smallest absolute Gasteiger partial charge is 0.257 e. The van der Waals surface area contributed by atoms with Gasteiger partial charge in [-0.15, -0.1) is 11.3 Å². The van der Waals surface area contributed by atoms with E-state index in [-0.39, 0.29) is 5.91 Å². The van der Waals surface area contributed by atoms with E-state index in [2.05, 4.69) is 21.2 Å². The highest BCUT2D eigenvalue weighted by molar-refractivity contribution is 9.10. The van der Waals surface area contributed by atoms with E-state index in [0.29, 0.717) is 16.3 Å². The van der Waals surface area contributed by atoms with Gasteiger partial charge in [-0.05, 0) is 24.3 Å². The Morgan fingerprint density at radius 1 is 1.20 bits per heavy atom. The number of carbonyl (C=O) groups is 1. The summed E-state index contributed by atoms with van der Waals surface area (Å²) in [6, 6.07) is 13.2. The predicted molar refractivity (Wildman–Crippen MR) is 88.9 cm³/mol. The molecule has 0 bridgehead atoms. The Bertz CT molecular complexity index is 799. The number of rotatable bonds is 2. The molecule has 3 aromatic rings. The van der Waals surface area contributed by atoms with Crippen LogP contribution < -0.4 is 5.32 Å². The van der Waals surface area contributed by atoms with Gasteiger partial charge in [0.25, 0.3) is 5.91 Å². The minimum atomic E-state index is -0.151. The molecule has 0 atom stereocenters. The Hall–Kier alpha value is -1.36. The third-order valence-corrected chi connectivity index (χ3v) is 4.69. The molecule has 1 N–H and O–H groups in total. The summed E-state index contributed by atoms with van der Waals surface area (Å²) in [5.41, 5.74) is 1.27. The van der Waals surface area contributed by atoms with Crippen molar-refractivity contribution < 1.29 is 4.79 Å². The second kappa shape index (κ2) is 5.56. The number of fused-ring (bicyclic) bond motifs is 1. The van der Waals surface area contributed by atoms with Crippen LogP contribution in [-0.4, -0.2) is 5.91 Å². The van der Waals surface area contributed by atoms with E-state index in [1.807, 2.05) is 35.7 Å². The third-order valence-electron chi connectivity index (χ3n) is 2.90. The van der Waals surface area contributed by atoms with E-state index >= 15 is 0 Å². The summed E-state index contributed by atoms with van der Waals surface area (Å²) < 4.78 is 1.96. The van der Waals surface area contributed by atoms with Crippen LogP contribution in [0.4, 0.5) is 5.69 Å². The second-order valence-corrected chi connectivity index (χ2v) is 6.46. The summed E-state index contributed by atoms with van der Waals surface area (Å²) >= 11 is 11.0. The van der Waals surface area contributed by atoms with Gasteiger partial charge in [0.05, 0.1) is 16.3 Å². The van der Waals surface area contributed by atoms with Gasteiger partial charge in [0, 0.05) is 19.9 Å². The van der Waals surface area contributed by atoms with Gasteiger partial charge in [0.1, 0.15) is 0 Å². The van der Waals surface area contributed by atoms with Gasteiger partial charge in [-0.2, -0.15) is 0 Å². The van der Waals surface area contributed by atoms with E-state index in [1.54, 1.807) is 23.5 Å². The van der Waals surface area contributed by atoms with E-state index < -0.39 is 0 Å². The zero-order chi connectivity index (χ0) is 14.1. The van der Waals surface area contributed by atoms with Crippen LogP contribution in [0.15, 0.2) is 52.3 Å². The molecule has 1 aromatic heterocycles. The highest BCUT2D eigenvalue weighted by Gasteiger charge is 2.13. The molecule has 100 valence electrons. The number of carbonyl (C=O) groups excluding carboxylic acids is 1. The lowest BCUT2D eigenvalue weighted by atomic mass is 10.1. The zero-order valence-electron chi connectivity index (χ0n) is 10.2. The largest absolute Gasteiger partial charge is 0.321 e. The van der Waals surface area contributed by atoms with Gasteiger partial charge in [0.15, 0.2) is 0 Å². The molecule has 2 aromatic carbocycles. The summed E-state index contributed by atoms with van der Waals surface area (Å²) in [5.74, 6) is -0.151. The topological polar surface area (TPSA) is 29.1 Å². The maximum Gasteiger partial charge on any atom is 0.257 e. The number of amides is 1. The fraction of sp³-hybridized carbons (Fsp3) is 0. The van der Waals surface area contributed by atoms with E-state index in [0.717, 1.165) is 14.6 Å². The van der Waals surface area contributed by atoms with E-state index in [1.165, 1.54) is 0 Å². The quantitative estimate of drug-likeness (QED) is 0.631. The van der Waals surface area contributed by atoms with Crippen molar-refractivity contribution in [3.05, 3.63) is 62.9 Å². The molecule has 5 heteroatoms. The van der Waals surface area contributed by atoms with Gasteiger partial charge in [-0.1, -0.05) is 45.7 Å². The molecule has 0 aliphatic carbocycles. The Balaban J connectivity index is 1.95. The molecule has 1 heterocycles. The first kappa shape index (κ1) is 13.6. The predicted octanol–water partition coefficient (Wildman–Crippen LogP) is 5.57. The van der Waals surface area contributed by atoms with Crippen LogP contribution in [-0.2, 0) is 0 Å². The molecule has 1 amide bonds. The summed E-state index contributed by atoms with van der Waals surface area (Å²) in [6.07, 6.45) is 0. The lowest BCUT2D eigenvalue weighted by Crippen LogP contribution is -2.11. The first-order valence-corrected chi connectivity index (χ1v) is 7.93. The molecule has 0 radical (unpaired) electrons. The summed E-state index contributed by atoms with van der Waals surface area (Å²) in [5, 5.41) is 6.19. The Labute approximate surface area is 133 Å². The average Bonchev–Trinajstić information content (AvgIpc) is 2.87. The van der Waals surface area contributed by atoms with Gasteiger partial charge in [-0.3, -0.25) is 4.79 Å². The van der Waals surface area contributed by atoms with Crippen LogP contribution in [0.25, 0.3) is 10.1 Å². The second-order valence-electron chi connectivity index (χ2n) is 4.22.